The quantitative estimate of drug-likeness (QED) is 0.751. The second-order valence-corrected chi connectivity index (χ2v) is 4.37. The van der Waals surface area contributed by atoms with Gasteiger partial charge in [0, 0.05) is 11.4 Å². The fourth-order valence-corrected chi connectivity index (χ4v) is 1.83. The van der Waals surface area contributed by atoms with E-state index in [4.69, 9.17) is 17.3 Å². The normalized spacial score (nSPS) is 9.80. The number of carbonyl (C=O) groups is 1. The van der Waals surface area contributed by atoms with Gasteiger partial charge in [-0.3, -0.25) is 0 Å². The molecule has 0 unspecified atom stereocenters. The van der Waals surface area contributed by atoms with E-state index in [-0.39, 0.29) is 5.56 Å². The number of thiocarbonyl (C=S) groups is 1. The second-order valence-electron chi connectivity index (χ2n) is 3.96. The third-order valence-electron chi connectivity index (χ3n) is 2.50. The first-order valence-electron chi connectivity index (χ1n) is 5.73. The summed E-state index contributed by atoms with van der Waals surface area (Å²) in [5, 5.41) is 26.4. The molecule has 0 aromatic heterocycles. The molecule has 0 heterocycles. The van der Waals surface area contributed by atoms with Gasteiger partial charge in [-0.05, 0) is 42.5 Å². The van der Waals surface area contributed by atoms with Gasteiger partial charge in [-0.15, -0.1) is 0 Å². The minimum absolute atomic E-state index is 0.266. The first kappa shape index (κ1) is 13.8. The number of hydrogen-bond acceptors (Lipinski definition) is 3. The summed E-state index contributed by atoms with van der Waals surface area (Å²) in [6.07, 6.45) is 0. The van der Waals surface area contributed by atoms with Crippen molar-refractivity contribution < 1.29 is 15.0 Å². The van der Waals surface area contributed by atoms with E-state index in [0.717, 1.165) is 5.69 Å². The van der Waals surface area contributed by atoms with Crippen molar-refractivity contribution >= 4 is 34.7 Å². The third kappa shape index (κ3) is 3.46. The molecule has 0 amide bonds. The second kappa shape index (κ2) is 6.03. The Morgan fingerprint density at radius 1 is 1.05 bits per heavy atom. The molecule has 0 atom stereocenters. The van der Waals surface area contributed by atoms with E-state index < -0.39 is 11.7 Å². The van der Waals surface area contributed by atoms with Crippen LogP contribution in [0.15, 0.2) is 48.5 Å². The molecule has 0 spiro atoms. The van der Waals surface area contributed by atoms with Gasteiger partial charge in [0.15, 0.2) is 5.11 Å². The molecule has 5 nitrogen and oxygen atoms in total. The molecule has 6 heteroatoms. The average Bonchev–Trinajstić information content (AvgIpc) is 2.39. The maximum absolute atomic E-state index is 11.5. The number of benzene rings is 2. The fourth-order valence-electron chi connectivity index (χ4n) is 1.59. The lowest BCUT2D eigenvalue weighted by Gasteiger charge is -2.14. The Kier molecular flexibility index (Phi) is 4.17. The molecule has 0 radical (unpaired) electrons. The van der Waals surface area contributed by atoms with Gasteiger partial charge in [0.05, 0.1) is 5.56 Å². The third-order valence-corrected chi connectivity index (χ3v) is 2.71. The van der Waals surface area contributed by atoms with Crippen LogP contribution in [0, 0.1) is 0 Å². The molecule has 2 aromatic carbocycles. The molecule has 0 saturated heterocycles. The Hall–Kier alpha value is -2.60. The van der Waals surface area contributed by atoms with Crippen LogP contribution in [0.5, 0.6) is 5.75 Å². The molecule has 2 rings (SSSR count). The van der Waals surface area contributed by atoms with Crippen molar-refractivity contribution in [3.63, 3.8) is 0 Å². The lowest BCUT2D eigenvalue weighted by molar-refractivity contribution is -0.268. The minimum Gasteiger partial charge on any atom is -0.872 e. The number of carboxylic acids is 1. The smallest absolute Gasteiger partial charge is 0.335 e. The lowest BCUT2D eigenvalue weighted by Crippen LogP contribution is -2.19. The van der Waals surface area contributed by atoms with Crippen LogP contribution in [-0.2, 0) is 0 Å². The Bertz CT molecular complexity index is 644. The van der Waals surface area contributed by atoms with Crippen LogP contribution in [0.1, 0.15) is 10.4 Å². The molecule has 0 bridgehead atoms. The number of carboxylic acid groups (broad SMARTS) is 1. The summed E-state index contributed by atoms with van der Waals surface area (Å²) in [5.74, 6) is -1.81. The van der Waals surface area contributed by atoms with Gasteiger partial charge >= 0.3 is 5.97 Å². The zero-order valence-electron chi connectivity index (χ0n) is 10.3. The topological polar surface area (TPSA) is 84.4 Å². The molecular formula is C14H11N2O3S-. The van der Waals surface area contributed by atoms with Crippen molar-refractivity contribution in [3.05, 3.63) is 54.1 Å². The maximum atomic E-state index is 11.5. The number of rotatable bonds is 3. The van der Waals surface area contributed by atoms with Gasteiger partial charge in [0.1, 0.15) is 0 Å². The van der Waals surface area contributed by atoms with E-state index in [1.165, 1.54) is 18.2 Å². The summed E-state index contributed by atoms with van der Waals surface area (Å²) in [5.41, 5.74) is 0.987. The van der Waals surface area contributed by atoms with Crippen LogP contribution in [0.4, 0.5) is 11.4 Å². The van der Waals surface area contributed by atoms with Crippen LogP contribution in [-0.4, -0.2) is 16.2 Å². The standard InChI is InChI=1S/C14H12N2O3S/c17-12-8-10(6-7-11(12)13(18)19)16-14(20)15-9-4-2-1-3-5-9/h1-8,17H,(H,18,19)(H2,15,16,20)/p-1. The van der Waals surface area contributed by atoms with E-state index in [2.05, 4.69) is 10.6 Å². The Labute approximate surface area is 120 Å². The SMILES string of the molecule is O=C(O)c1ccc(NC(=S)Nc2ccccc2)cc1[O-]. The van der Waals surface area contributed by atoms with Gasteiger partial charge in [-0.25, -0.2) is 4.79 Å². The van der Waals surface area contributed by atoms with Crippen molar-refractivity contribution in [1.82, 2.24) is 0 Å². The number of hydrogen-bond donors (Lipinski definition) is 3. The van der Waals surface area contributed by atoms with Crippen molar-refractivity contribution in [2.75, 3.05) is 10.6 Å². The first-order chi connectivity index (χ1) is 9.56. The van der Waals surface area contributed by atoms with Gasteiger partial charge < -0.3 is 20.8 Å². The summed E-state index contributed by atoms with van der Waals surface area (Å²) in [4.78, 5) is 10.7. The summed E-state index contributed by atoms with van der Waals surface area (Å²) in [7, 11) is 0. The Morgan fingerprint density at radius 2 is 1.70 bits per heavy atom. The van der Waals surface area contributed by atoms with E-state index in [0.29, 0.717) is 10.8 Å². The molecule has 20 heavy (non-hydrogen) atoms. The van der Waals surface area contributed by atoms with Crippen LogP contribution < -0.4 is 15.7 Å². The molecule has 0 aliphatic rings. The van der Waals surface area contributed by atoms with Crippen LogP contribution >= 0.6 is 12.2 Å². The highest BCUT2D eigenvalue weighted by Gasteiger charge is 2.05. The molecule has 2 aromatic rings. The summed E-state index contributed by atoms with van der Waals surface area (Å²) in [6.45, 7) is 0. The van der Waals surface area contributed by atoms with E-state index >= 15 is 0 Å². The summed E-state index contributed by atoms with van der Waals surface area (Å²) < 4.78 is 0. The number of nitrogens with one attached hydrogen (secondary N) is 2. The van der Waals surface area contributed by atoms with Crippen molar-refractivity contribution in [2.45, 2.75) is 0 Å². The maximum Gasteiger partial charge on any atom is 0.335 e. The first-order valence-corrected chi connectivity index (χ1v) is 6.14. The van der Waals surface area contributed by atoms with Gasteiger partial charge in [0.2, 0.25) is 0 Å². The fraction of sp³-hybridized carbons (Fsp3) is 0. The number of para-hydroxylation sites is 1. The Balaban J connectivity index is 2.05. The van der Waals surface area contributed by atoms with Crippen LogP contribution in [0.2, 0.25) is 0 Å². The largest absolute Gasteiger partial charge is 0.872 e. The molecule has 0 aliphatic carbocycles. The zero-order valence-corrected chi connectivity index (χ0v) is 11.1. The van der Waals surface area contributed by atoms with Crippen molar-refractivity contribution in [2.24, 2.45) is 0 Å². The van der Waals surface area contributed by atoms with E-state index in [9.17, 15) is 9.90 Å². The molecule has 0 fully saturated rings. The highest BCUT2D eigenvalue weighted by molar-refractivity contribution is 7.80. The zero-order chi connectivity index (χ0) is 14.5. The van der Waals surface area contributed by atoms with Crippen molar-refractivity contribution in [1.29, 1.82) is 0 Å². The van der Waals surface area contributed by atoms with Crippen molar-refractivity contribution in [3.8, 4) is 5.75 Å². The monoisotopic (exact) mass is 287 g/mol. The van der Waals surface area contributed by atoms with E-state index in [1.54, 1.807) is 0 Å². The van der Waals surface area contributed by atoms with Crippen LogP contribution in [0.3, 0.4) is 0 Å². The number of aromatic carboxylic acids is 1. The number of anilines is 2. The van der Waals surface area contributed by atoms with Crippen LogP contribution in [0.25, 0.3) is 0 Å². The molecular weight excluding hydrogens is 276 g/mol. The molecule has 102 valence electrons. The average molecular weight is 287 g/mol. The molecule has 0 saturated carbocycles. The predicted octanol–water partition coefficient (Wildman–Crippen LogP) is 2.27. The summed E-state index contributed by atoms with van der Waals surface area (Å²) in [6, 6.07) is 13.2. The van der Waals surface area contributed by atoms with Gasteiger partial charge in [0.25, 0.3) is 0 Å². The molecule has 0 aliphatic heterocycles. The van der Waals surface area contributed by atoms with Gasteiger partial charge in [-0.2, -0.15) is 0 Å². The van der Waals surface area contributed by atoms with E-state index in [1.807, 2.05) is 30.3 Å². The summed E-state index contributed by atoms with van der Waals surface area (Å²) >= 11 is 5.11. The molecule has 3 N–H and O–H groups in total. The highest BCUT2D eigenvalue weighted by Crippen LogP contribution is 2.19. The predicted molar refractivity (Wildman–Crippen MR) is 79.1 cm³/mol. The Morgan fingerprint density at radius 3 is 2.30 bits per heavy atom. The lowest BCUT2D eigenvalue weighted by atomic mass is 10.2. The highest BCUT2D eigenvalue weighted by atomic mass is 32.1. The van der Waals surface area contributed by atoms with Gasteiger partial charge in [-0.1, -0.05) is 23.9 Å². The minimum atomic E-state index is -1.24.